The lowest BCUT2D eigenvalue weighted by molar-refractivity contribution is -0.120. The summed E-state index contributed by atoms with van der Waals surface area (Å²) in [4.78, 5) is 30.9. The lowest BCUT2D eigenvalue weighted by atomic mass is 9.82. The number of hydrogen-bond acceptors (Lipinski definition) is 7. The number of ether oxygens (including phenoxy) is 1. The summed E-state index contributed by atoms with van der Waals surface area (Å²) in [6.45, 7) is 1.11. The summed E-state index contributed by atoms with van der Waals surface area (Å²) in [6, 6.07) is 18.6. The monoisotopic (exact) mass is 696 g/mol. The standard InChI is InChI=1S/C35H35ClF2N4O5S/c1-47-35(44)41-34(33(23-10-12-26(36)13-11-23)25-18-27(37)21-40-20-25)32(43)19-24-6-5-9-31(38)30(24)15-14-28-22-39-16-17-42(28)48(45,46)29-7-3-2-4-8-29/h2-13,18,20-21,28,33-34,39H,14-17,19,22H2,1H3,(H,41,44)/t28-,33-,34+/m0/s1. The van der Waals surface area contributed by atoms with Crippen molar-refractivity contribution in [3.63, 3.8) is 0 Å². The van der Waals surface area contributed by atoms with Crippen molar-refractivity contribution in [2.24, 2.45) is 0 Å². The predicted octanol–water partition coefficient (Wildman–Crippen LogP) is 5.28. The molecule has 9 nitrogen and oxygen atoms in total. The van der Waals surface area contributed by atoms with Crippen LogP contribution in [0.15, 0.2) is 96.2 Å². The van der Waals surface area contributed by atoms with Crippen LogP contribution in [0.25, 0.3) is 0 Å². The van der Waals surface area contributed by atoms with Gasteiger partial charge in [0.15, 0.2) is 5.78 Å². The molecule has 1 amide bonds. The topological polar surface area (TPSA) is 118 Å². The van der Waals surface area contributed by atoms with Gasteiger partial charge in [-0.15, -0.1) is 0 Å². The number of carbonyl (C=O) groups is 2. The van der Waals surface area contributed by atoms with Crippen LogP contribution in [0.1, 0.15) is 34.6 Å². The SMILES string of the molecule is COC(=O)N[C@H](C(=O)Cc1cccc(F)c1CC[C@H]1CNCCN1S(=O)(=O)c1ccccc1)[C@@H](c1ccc(Cl)cc1)c1cncc(F)c1. The van der Waals surface area contributed by atoms with E-state index >= 15 is 4.39 Å². The predicted molar refractivity (Wildman–Crippen MR) is 177 cm³/mol. The van der Waals surface area contributed by atoms with Crippen molar-refractivity contribution in [1.82, 2.24) is 19.9 Å². The summed E-state index contributed by atoms with van der Waals surface area (Å²) < 4.78 is 63.2. The normalized spacial score (nSPS) is 16.5. The fraction of sp³-hybridized carbons (Fsp3) is 0.286. The quantitative estimate of drug-likeness (QED) is 0.207. The number of ketones is 1. The Morgan fingerprint density at radius 2 is 1.79 bits per heavy atom. The zero-order chi connectivity index (χ0) is 34.3. The van der Waals surface area contributed by atoms with Crippen LogP contribution in [0.5, 0.6) is 0 Å². The molecule has 3 aromatic carbocycles. The minimum absolute atomic E-state index is 0.145. The van der Waals surface area contributed by atoms with Crippen molar-refractivity contribution in [2.45, 2.75) is 42.2 Å². The van der Waals surface area contributed by atoms with Crippen LogP contribution in [0.3, 0.4) is 0 Å². The van der Waals surface area contributed by atoms with Crippen molar-refractivity contribution in [3.8, 4) is 0 Å². The second-order valence-corrected chi connectivity index (χ2v) is 13.8. The van der Waals surface area contributed by atoms with Crippen molar-refractivity contribution < 1.29 is 31.5 Å². The zero-order valence-corrected chi connectivity index (χ0v) is 27.7. The molecule has 1 aliphatic heterocycles. The Hall–Kier alpha value is -4.23. The highest BCUT2D eigenvalue weighted by atomic mass is 35.5. The number of aromatic nitrogens is 1. The first-order valence-corrected chi connectivity index (χ1v) is 17.2. The van der Waals surface area contributed by atoms with Gasteiger partial charge in [-0.1, -0.05) is 54.1 Å². The summed E-state index contributed by atoms with van der Waals surface area (Å²) in [6.07, 6.45) is 1.69. The van der Waals surface area contributed by atoms with Crippen molar-refractivity contribution in [2.75, 3.05) is 26.7 Å². The molecule has 2 heterocycles. The number of halogens is 3. The molecule has 0 saturated carbocycles. The summed E-state index contributed by atoms with van der Waals surface area (Å²) in [5.74, 6) is -2.57. The van der Waals surface area contributed by atoms with Gasteiger partial charge in [-0.2, -0.15) is 4.31 Å². The Morgan fingerprint density at radius 3 is 2.50 bits per heavy atom. The van der Waals surface area contributed by atoms with Gasteiger partial charge < -0.3 is 15.4 Å². The molecule has 0 bridgehead atoms. The average Bonchev–Trinajstić information content (AvgIpc) is 3.09. The summed E-state index contributed by atoms with van der Waals surface area (Å²) >= 11 is 6.12. The van der Waals surface area contributed by atoms with E-state index in [-0.39, 0.29) is 36.3 Å². The molecule has 0 spiro atoms. The molecule has 3 atom stereocenters. The Bertz CT molecular complexity index is 1850. The van der Waals surface area contributed by atoms with Crippen LogP contribution in [0, 0.1) is 11.6 Å². The smallest absolute Gasteiger partial charge is 0.407 e. The number of methoxy groups -OCH3 is 1. The molecule has 13 heteroatoms. The number of amides is 1. The summed E-state index contributed by atoms with van der Waals surface area (Å²) in [7, 11) is -2.64. The third kappa shape index (κ3) is 8.24. The maximum Gasteiger partial charge on any atom is 0.407 e. The van der Waals surface area contributed by atoms with Crippen LogP contribution in [0.2, 0.25) is 5.02 Å². The average molecular weight is 697 g/mol. The number of piperazine rings is 1. The van der Waals surface area contributed by atoms with Gasteiger partial charge in [0.2, 0.25) is 10.0 Å². The lowest BCUT2D eigenvalue weighted by Gasteiger charge is -2.35. The zero-order valence-electron chi connectivity index (χ0n) is 26.1. The molecule has 252 valence electrons. The fourth-order valence-corrected chi connectivity index (χ4v) is 7.87. The molecule has 1 saturated heterocycles. The highest BCUT2D eigenvalue weighted by Gasteiger charge is 2.35. The van der Waals surface area contributed by atoms with Gasteiger partial charge in [0, 0.05) is 49.2 Å². The third-order valence-corrected chi connectivity index (χ3v) is 10.6. The van der Waals surface area contributed by atoms with E-state index in [0.717, 1.165) is 13.3 Å². The first-order chi connectivity index (χ1) is 23.1. The number of hydrogen-bond donors (Lipinski definition) is 2. The molecule has 48 heavy (non-hydrogen) atoms. The largest absolute Gasteiger partial charge is 0.453 e. The number of carbonyl (C=O) groups excluding carboxylic acids is 2. The number of pyridine rings is 1. The molecule has 4 aromatic rings. The van der Waals surface area contributed by atoms with E-state index in [0.29, 0.717) is 34.8 Å². The number of rotatable bonds is 12. The number of nitrogens with zero attached hydrogens (tertiary/aromatic N) is 2. The molecule has 5 rings (SSSR count). The number of Topliss-reactive ketones (excluding diaryl/α,β-unsaturated/α-hetero) is 1. The number of sulfonamides is 1. The molecule has 0 unspecified atom stereocenters. The van der Waals surface area contributed by atoms with Crippen LogP contribution < -0.4 is 10.6 Å². The number of nitrogens with one attached hydrogen (secondary N) is 2. The lowest BCUT2D eigenvalue weighted by Crippen LogP contribution is -2.53. The Morgan fingerprint density at radius 1 is 1.04 bits per heavy atom. The maximum absolute atomic E-state index is 15.5. The Kier molecular flexibility index (Phi) is 11.5. The van der Waals surface area contributed by atoms with E-state index < -0.39 is 51.5 Å². The van der Waals surface area contributed by atoms with E-state index in [2.05, 4.69) is 15.6 Å². The van der Waals surface area contributed by atoms with Crippen molar-refractivity contribution in [1.29, 1.82) is 0 Å². The summed E-state index contributed by atoms with van der Waals surface area (Å²) in [5, 5.41) is 6.27. The van der Waals surface area contributed by atoms with E-state index in [4.69, 9.17) is 16.3 Å². The minimum Gasteiger partial charge on any atom is -0.453 e. The van der Waals surface area contributed by atoms with Crippen molar-refractivity contribution in [3.05, 3.63) is 130 Å². The van der Waals surface area contributed by atoms with Gasteiger partial charge in [0.25, 0.3) is 0 Å². The molecular weight excluding hydrogens is 662 g/mol. The molecule has 2 N–H and O–H groups in total. The first-order valence-electron chi connectivity index (χ1n) is 15.4. The molecule has 0 radical (unpaired) electrons. The minimum atomic E-state index is -3.79. The van der Waals surface area contributed by atoms with Crippen LogP contribution in [-0.2, 0) is 32.4 Å². The third-order valence-electron chi connectivity index (χ3n) is 8.41. The molecule has 1 fully saturated rings. The van der Waals surface area contributed by atoms with E-state index in [9.17, 15) is 22.4 Å². The van der Waals surface area contributed by atoms with Crippen molar-refractivity contribution >= 4 is 33.5 Å². The summed E-state index contributed by atoms with van der Waals surface area (Å²) in [5.41, 5.74) is 1.51. The Balaban J connectivity index is 1.44. The van der Waals surface area contributed by atoms with E-state index in [1.54, 1.807) is 60.7 Å². The van der Waals surface area contributed by atoms with Crippen LogP contribution >= 0.6 is 11.6 Å². The van der Waals surface area contributed by atoms with Crippen LogP contribution in [-0.4, -0.2) is 68.4 Å². The fourth-order valence-electron chi connectivity index (χ4n) is 6.07. The van der Waals surface area contributed by atoms with Gasteiger partial charge in [0.1, 0.15) is 17.7 Å². The number of alkyl carbamates (subject to hydrolysis) is 1. The first kappa shape index (κ1) is 35.1. The van der Waals surface area contributed by atoms with Gasteiger partial charge >= 0.3 is 6.09 Å². The highest BCUT2D eigenvalue weighted by Crippen LogP contribution is 2.31. The molecular formula is C35H35ClF2N4O5S. The van der Waals surface area contributed by atoms with E-state index in [1.165, 1.54) is 28.7 Å². The van der Waals surface area contributed by atoms with Gasteiger partial charge in [-0.3, -0.25) is 9.78 Å². The molecule has 1 aromatic heterocycles. The second-order valence-electron chi connectivity index (χ2n) is 11.4. The van der Waals surface area contributed by atoms with Gasteiger partial charge in [-0.05, 0) is 71.5 Å². The molecule has 0 aliphatic carbocycles. The number of benzene rings is 3. The van der Waals surface area contributed by atoms with Gasteiger partial charge in [-0.25, -0.2) is 22.0 Å². The van der Waals surface area contributed by atoms with Crippen LogP contribution in [0.4, 0.5) is 13.6 Å². The second kappa shape index (κ2) is 15.8. The highest BCUT2D eigenvalue weighted by molar-refractivity contribution is 7.89. The van der Waals surface area contributed by atoms with Gasteiger partial charge in [0.05, 0.1) is 18.2 Å². The molecule has 1 aliphatic rings. The van der Waals surface area contributed by atoms with E-state index in [1.807, 2.05) is 0 Å². The maximum atomic E-state index is 15.5. The Labute approximate surface area is 283 Å².